The van der Waals surface area contributed by atoms with Crippen molar-refractivity contribution in [2.45, 2.75) is 18.5 Å². The van der Waals surface area contributed by atoms with Crippen LogP contribution in [0.4, 0.5) is 0 Å². The van der Waals surface area contributed by atoms with E-state index in [4.69, 9.17) is 39.5 Å². The molecule has 3 aromatic carbocycles. The number of ether oxygens (including phenoxy) is 1. The third-order valence-electron chi connectivity index (χ3n) is 4.27. The summed E-state index contributed by atoms with van der Waals surface area (Å²) in [6, 6.07) is 25.6. The minimum absolute atomic E-state index is 0.147. The Labute approximate surface area is 181 Å². The summed E-state index contributed by atoms with van der Waals surface area (Å²) in [4.78, 5) is 2.32. The van der Waals surface area contributed by atoms with Crippen LogP contribution in [0.15, 0.2) is 78.9 Å². The first-order valence-electron chi connectivity index (χ1n) is 9.11. The second kappa shape index (κ2) is 10.7. The summed E-state index contributed by atoms with van der Waals surface area (Å²) in [5, 5.41) is 1.28. The molecule has 1 atom stereocenters. The minimum atomic E-state index is -0.147. The molecule has 0 fully saturated rings. The summed E-state index contributed by atoms with van der Waals surface area (Å²) in [7, 11) is 0. The molecule has 0 aliphatic carbocycles. The van der Waals surface area contributed by atoms with Gasteiger partial charge in [-0.15, -0.1) is 11.6 Å². The molecule has 0 spiro atoms. The molecule has 5 heteroatoms. The third kappa shape index (κ3) is 7.03. The second-order valence-corrected chi connectivity index (χ2v) is 8.13. The lowest BCUT2D eigenvalue weighted by Gasteiger charge is -2.25. The van der Waals surface area contributed by atoms with Crippen LogP contribution in [0.25, 0.3) is 0 Å². The quantitative estimate of drug-likeness (QED) is 0.348. The highest BCUT2D eigenvalue weighted by atomic mass is 35.5. The van der Waals surface area contributed by atoms with Crippen LogP contribution in [0, 0.1) is 0 Å². The molecule has 0 N–H and O–H groups in total. The number of hydrogen-bond acceptors (Lipinski definition) is 2. The third-order valence-corrected chi connectivity index (χ3v) is 5.04. The summed E-state index contributed by atoms with van der Waals surface area (Å²) < 4.78 is 5.81. The van der Waals surface area contributed by atoms with Crippen LogP contribution in [-0.4, -0.2) is 23.4 Å². The molecule has 146 valence electrons. The smallest absolute Gasteiger partial charge is 0.119 e. The van der Waals surface area contributed by atoms with Gasteiger partial charge in [0, 0.05) is 29.7 Å². The predicted octanol–water partition coefficient (Wildman–Crippen LogP) is 6.68. The SMILES string of the molecule is Clc1ccc(CN(Cc2ccccc2)CC(Cl)COc2ccc(Cl)cc2)cc1. The predicted molar refractivity (Wildman–Crippen MR) is 119 cm³/mol. The molecule has 0 aliphatic heterocycles. The summed E-state index contributed by atoms with van der Waals surface area (Å²) in [6.07, 6.45) is 0. The van der Waals surface area contributed by atoms with E-state index in [0.717, 1.165) is 23.9 Å². The molecule has 0 aliphatic rings. The second-order valence-electron chi connectivity index (χ2n) is 6.64. The van der Waals surface area contributed by atoms with Gasteiger partial charge in [0.15, 0.2) is 0 Å². The van der Waals surface area contributed by atoms with Crippen LogP contribution in [-0.2, 0) is 13.1 Å². The number of halogens is 3. The summed E-state index contributed by atoms with van der Waals surface area (Å²) in [6.45, 7) is 2.73. The molecular formula is C23H22Cl3NO. The van der Waals surface area contributed by atoms with Crippen molar-refractivity contribution >= 4 is 34.8 Å². The first-order chi connectivity index (χ1) is 13.6. The number of nitrogens with zero attached hydrogens (tertiary/aromatic N) is 1. The van der Waals surface area contributed by atoms with Gasteiger partial charge in [0.2, 0.25) is 0 Å². The molecular weight excluding hydrogens is 413 g/mol. The average molecular weight is 435 g/mol. The molecule has 1 unspecified atom stereocenters. The van der Waals surface area contributed by atoms with E-state index < -0.39 is 0 Å². The Bertz CT molecular complexity index is 838. The zero-order valence-corrected chi connectivity index (χ0v) is 17.7. The summed E-state index contributed by atoms with van der Waals surface area (Å²) >= 11 is 18.5. The van der Waals surface area contributed by atoms with Gasteiger partial charge in [0.25, 0.3) is 0 Å². The Morgan fingerprint density at radius 2 is 1.25 bits per heavy atom. The maximum absolute atomic E-state index is 6.60. The van der Waals surface area contributed by atoms with Crippen molar-refractivity contribution in [3.63, 3.8) is 0 Å². The van der Waals surface area contributed by atoms with E-state index >= 15 is 0 Å². The highest BCUT2D eigenvalue weighted by Crippen LogP contribution is 2.18. The minimum Gasteiger partial charge on any atom is -0.492 e. The Balaban J connectivity index is 1.61. The molecule has 3 aromatic rings. The molecule has 0 bridgehead atoms. The van der Waals surface area contributed by atoms with E-state index in [2.05, 4.69) is 29.2 Å². The lowest BCUT2D eigenvalue weighted by Crippen LogP contribution is -2.32. The van der Waals surface area contributed by atoms with E-state index in [9.17, 15) is 0 Å². The monoisotopic (exact) mass is 433 g/mol. The number of alkyl halides is 1. The van der Waals surface area contributed by atoms with E-state index in [1.54, 1.807) is 0 Å². The normalized spacial score (nSPS) is 12.1. The standard InChI is InChI=1S/C23H22Cl3NO/c24-20-8-6-19(7-9-20)15-27(14-18-4-2-1-3-5-18)16-22(26)17-28-23-12-10-21(25)11-13-23/h1-13,22H,14-17H2. The number of benzene rings is 3. The van der Waals surface area contributed by atoms with E-state index in [1.165, 1.54) is 11.1 Å². The van der Waals surface area contributed by atoms with Gasteiger partial charge in [-0.3, -0.25) is 4.90 Å². The Morgan fingerprint density at radius 1 is 0.714 bits per heavy atom. The van der Waals surface area contributed by atoms with Crippen LogP contribution in [0.1, 0.15) is 11.1 Å². The van der Waals surface area contributed by atoms with E-state index in [0.29, 0.717) is 18.2 Å². The highest BCUT2D eigenvalue weighted by Gasteiger charge is 2.14. The van der Waals surface area contributed by atoms with E-state index in [1.807, 2.05) is 54.6 Å². The number of rotatable bonds is 9. The van der Waals surface area contributed by atoms with Crippen molar-refractivity contribution < 1.29 is 4.74 Å². The zero-order chi connectivity index (χ0) is 19.8. The molecule has 0 aromatic heterocycles. The van der Waals surface area contributed by atoms with Gasteiger partial charge < -0.3 is 4.74 Å². The zero-order valence-electron chi connectivity index (χ0n) is 15.4. The van der Waals surface area contributed by atoms with Crippen molar-refractivity contribution in [3.05, 3.63) is 100 Å². The largest absolute Gasteiger partial charge is 0.492 e. The van der Waals surface area contributed by atoms with Gasteiger partial charge in [0.05, 0.1) is 5.38 Å². The van der Waals surface area contributed by atoms with Crippen molar-refractivity contribution in [1.82, 2.24) is 4.90 Å². The lowest BCUT2D eigenvalue weighted by atomic mass is 10.1. The van der Waals surface area contributed by atoms with Gasteiger partial charge in [-0.2, -0.15) is 0 Å². The molecule has 28 heavy (non-hydrogen) atoms. The van der Waals surface area contributed by atoms with Gasteiger partial charge >= 0.3 is 0 Å². The first-order valence-corrected chi connectivity index (χ1v) is 10.3. The molecule has 2 nitrogen and oxygen atoms in total. The molecule has 0 amide bonds. The first kappa shape index (κ1) is 21.0. The van der Waals surface area contributed by atoms with Crippen LogP contribution in [0.3, 0.4) is 0 Å². The molecule has 0 radical (unpaired) electrons. The average Bonchev–Trinajstić information content (AvgIpc) is 2.70. The van der Waals surface area contributed by atoms with Crippen LogP contribution < -0.4 is 4.74 Å². The Hall–Kier alpha value is -1.71. The van der Waals surface area contributed by atoms with Crippen LogP contribution in [0.5, 0.6) is 5.75 Å². The maximum atomic E-state index is 6.60. The fourth-order valence-corrected chi connectivity index (χ4v) is 3.44. The molecule has 0 saturated heterocycles. The molecule has 0 saturated carbocycles. The van der Waals surface area contributed by atoms with Crippen molar-refractivity contribution in [2.75, 3.05) is 13.2 Å². The Morgan fingerprint density at radius 3 is 1.86 bits per heavy atom. The fraction of sp³-hybridized carbons (Fsp3) is 0.217. The topological polar surface area (TPSA) is 12.5 Å². The molecule has 3 rings (SSSR count). The number of hydrogen-bond donors (Lipinski definition) is 0. The Kier molecular flexibility index (Phi) is 8.05. The van der Waals surface area contributed by atoms with Gasteiger partial charge in [-0.1, -0.05) is 65.7 Å². The maximum Gasteiger partial charge on any atom is 0.119 e. The van der Waals surface area contributed by atoms with Crippen molar-refractivity contribution in [1.29, 1.82) is 0 Å². The van der Waals surface area contributed by atoms with Crippen molar-refractivity contribution in [2.24, 2.45) is 0 Å². The fourth-order valence-electron chi connectivity index (χ4n) is 2.92. The molecule has 0 heterocycles. The van der Waals surface area contributed by atoms with Gasteiger partial charge in [0.1, 0.15) is 12.4 Å². The van der Waals surface area contributed by atoms with Crippen LogP contribution >= 0.6 is 34.8 Å². The summed E-state index contributed by atoms with van der Waals surface area (Å²) in [5.41, 5.74) is 2.45. The van der Waals surface area contributed by atoms with Crippen molar-refractivity contribution in [3.8, 4) is 5.75 Å². The van der Waals surface area contributed by atoms with Gasteiger partial charge in [-0.05, 0) is 47.5 Å². The van der Waals surface area contributed by atoms with Crippen LogP contribution in [0.2, 0.25) is 10.0 Å². The van der Waals surface area contributed by atoms with E-state index in [-0.39, 0.29) is 5.38 Å². The summed E-state index contributed by atoms with van der Waals surface area (Å²) in [5.74, 6) is 0.766. The highest BCUT2D eigenvalue weighted by molar-refractivity contribution is 6.30. The lowest BCUT2D eigenvalue weighted by molar-refractivity contribution is 0.225. The van der Waals surface area contributed by atoms with Gasteiger partial charge in [-0.25, -0.2) is 0 Å².